The minimum Gasteiger partial charge on any atom is -0.378 e. The first-order valence-corrected chi connectivity index (χ1v) is 8.30. The molecule has 2 fully saturated rings. The zero-order chi connectivity index (χ0) is 18.1. The van der Waals surface area contributed by atoms with Crippen molar-refractivity contribution >= 4 is 23.6 Å². The van der Waals surface area contributed by atoms with Crippen molar-refractivity contribution in [3.63, 3.8) is 0 Å². The van der Waals surface area contributed by atoms with Crippen molar-refractivity contribution in [1.82, 2.24) is 9.80 Å². The number of carbonyl (C=O) groups excluding carboxylic acids is 2. The Bertz CT molecular complexity index is 553. The van der Waals surface area contributed by atoms with E-state index in [9.17, 15) is 9.59 Å². The second-order valence-corrected chi connectivity index (χ2v) is 5.81. The van der Waals surface area contributed by atoms with Gasteiger partial charge < -0.3 is 19.3 Å². The highest BCUT2D eigenvalue weighted by Crippen LogP contribution is 2.11. The van der Waals surface area contributed by atoms with Gasteiger partial charge in [0.15, 0.2) is 0 Å². The Balaban J connectivity index is 0.000000186. The molecule has 2 aliphatic heterocycles. The summed E-state index contributed by atoms with van der Waals surface area (Å²) >= 11 is 5.56. The van der Waals surface area contributed by atoms with Crippen LogP contribution in [0.2, 0.25) is 5.02 Å². The lowest BCUT2D eigenvalue weighted by Gasteiger charge is -2.34. The summed E-state index contributed by atoms with van der Waals surface area (Å²) in [7, 11) is 0. The standard InChI is InChI=1S/C9H16N2O3.C7H5ClO3/c12-9(10-1-5-13-6-2-10)11-3-7-14-8-4-11;8-6-3-1-2-5(4-6)7(9)11-10/h1-8H2;1-4,10H. The van der Waals surface area contributed by atoms with Crippen molar-refractivity contribution in [3.05, 3.63) is 34.9 Å². The van der Waals surface area contributed by atoms with Gasteiger partial charge in [-0.3, -0.25) is 4.89 Å². The number of rotatable bonds is 1. The van der Waals surface area contributed by atoms with E-state index in [0.29, 0.717) is 31.5 Å². The Morgan fingerprint density at radius 3 is 1.96 bits per heavy atom. The van der Waals surface area contributed by atoms with Crippen LogP contribution in [0.15, 0.2) is 24.3 Å². The van der Waals surface area contributed by atoms with Crippen LogP contribution >= 0.6 is 11.6 Å². The Hall–Kier alpha value is -1.87. The Kier molecular flexibility index (Phi) is 7.93. The second kappa shape index (κ2) is 10.2. The number of hydrogen-bond acceptors (Lipinski definition) is 6. The summed E-state index contributed by atoms with van der Waals surface area (Å²) in [5, 5.41) is 8.41. The van der Waals surface area contributed by atoms with Gasteiger partial charge in [-0.1, -0.05) is 17.7 Å². The van der Waals surface area contributed by atoms with Crippen LogP contribution in [-0.4, -0.2) is 79.7 Å². The third-order valence-corrected chi connectivity index (χ3v) is 3.94. The van der Waals surface area contributed by atoms with Crippen molar-refractivity contribution in [3.8, 4) is 0 Å². The van der Waals surface area contributed by atoms with Gasteiger partial charge in [0.2, 0.25) is 0 Å². The zero-order valence-corrected chi connectivity index (χ0v) is 14.5. The van der Waals surface area contributed by atoms with Gasteiger partial charge in [-0.15, -0.1) is 0 Å². The van der Waals surface area contributed by atoms with Crippen LogP contribution in [0.1, 0.15) is 10.4 Å². The molecule has 2 aliphatic rings. The number of amides is 2. The van der Waals surface area contributed by atoms with E-state index in [-0.39, 0.29) is 11.6 Å². The molecule has 2 saturated heterocycles. The van der Waals surface area contributed by atoms with E-state index in [2.05, 4.69) is 4.89 Å². The van der Waals surface area contributed by atoms with Crippen LogP contribution in [0.25, 0.3) is 0 Å². The van der Waals surface area contributed by atoms with E-state index in [1.807, 2.05) is 9.80 Å². The molecule has 2 amide bonds. The predicted octanol–water partition coefficient (Wildman–Crippen LogP) is 1.74. The molecule has 9 heteroatoms. The van der Waals surface area contributed by atoms with Gasteiger partial charge in [-0.25, -0.2) is 9.59 Å². The topological polar surface area (TPSA) is 88.5 Å². The largest absolute Gasteiger partial charge is 0.378 e. The molecule has 1 aromatic rings. The van der Waals surface area contributed by atoms with Gasteiger partial charge in [0.25, 0.3) is 0 Å². The quantitative estimate of drug-likeness (QED) is 0.596. The lowest BCUT2D eigenvalue weighted by molar-refractivity contribution is -0.182. The van der Waals surface area contributed by atoms with E-state index >= 15 is 0 Å². The van der Waals surface area contributed by atoms with Gasteiger partial charge in [0, 0.05) is 31.2 Å². The molecule has 0 aliphatic carbocycles. The lowest BCUT2D eigenvalue weighted by Crippen LogP contribution is -2.51. The fourth-order valence-corrected chi connectivity index (χ4v) is 2.57. The van der Waals surface area contributed by atoms with Crippen LogP contribution in [0, 0.1) is 0 Å². The van der Waals surface area contributed by atoms with Crippen LogP contribution in [0.4, 0.5) is 4.79 Å². The number of urea groups is 1. The third-order valence-electron chi connectivity index (χ3n) is 3.71. The molecule has 0 bridgehead atoms. The number of carbonyl (C=O) groups is 2. The first kappa shape index (κ1) is 19.5. The van der Waals surface area contributed by atoms with Crippen LogP contribution in [0.3, 0.4) is 0 Å². The molecular formula is C16H21ClN2O6. The van der Waals surface area contributed by atoms with Gasteiger partial charge in [0.1, 0.15) is 0 Å². The molecule has 2 heterocycles. The third kappa shape index (κ3) is 6.17. The highest BCUT2D eigenvalue weighted by Gasteiger charge is 2.23. The smallest absolute Gasteiger partial charge is 0.372 e. The molecule has 25 heavy (non-hydrogen) atoms. The van der Waals surface area contributed by atoms with Crippen LogP contribution < -0.4 is 0 Å². The zero-order valence-electron chi connectivity index (χ0n) is 13.7. The molecule has 3 rings (SSSR count). The van der Waals surface area contributed by atoms with E-state index in [4.69, 9.17) is 26.3 Å². The van der Waals surface area contributed by atoms with Crippen LogP contribution in [-0.2, 0) is 14.4 Å². The molecule has 1 aromatic carbocycles. The number of ether oxygens (including phenoxy) is 2. The molecule has 0 spiro atoms. The predicted molar refractivity (Wildman–Crippen MR) is 89.7 cm³/mol. The summed E-state index contributed by atoms with van der Waals surface area (Å²) in [6.45, 7) is 5.52. The van der Waals surface area contributed by atoms with E-state index in [1.165, 1.54) is 12.1 Å². The van der Waals surface area contributed by atoms with E-state index < -0.39 is 5.97 Å². The highest BCUT2D eigenvalue weighted by atomic mass is 35.5. The van der Waals surface area contributed by atoms with E-state index in [1.54, 1.807) is 12.1 Å². The molecule has 0 saturated carbocycles. The first-order valence-electron chi connectivity index (χ1n) is 7.92. The summed E-state index contributed by atoms with van der Waals surface area (Å²) in [6.07, 6.45) is 0. The van der Waals surface area contributed by atoms with Crippen molar-refractivity contribution in [1.29, 1.82) is 0 Å². The average Bonchev–Trinajstić information content (AvgIpc) is 2.68. The normalized spacial score (nSPS) is 17.4. The van der Waals surface area contributed by atoms with Gasteiger partial charge in [-0.05, 0) is 18.2 Å². The number of hydrogen-bond donors (Lipinski definition) is 1. The summed E-state index contributed by atoms with van der Waals surface area (Å²) in [4.78, 5) is 29.7. The Labute approximate surface area is 150 Å². The summed E-state index contributed by atoms with van der Waals surface area (Å²) < 4.78 is 10.4. The molecule has 1 N–H and O–H groups in total. The fraction of sp³-hybridized carbons (Fsp3) is 0.500. The lowest BCUT2D eigenvalue weighted by atomic mass is 10.2. The SMILES string of the molecule is O=C(N1CCOCC1)N1CCOCC1.O=C(OO)c1cccc(Cl)c1. The fourth-order valence-electron chi connectivity index (χ4n) is 2.38. The Morgan fingerprint density at radius 1 is 1.00 bits per heavy atom. The molecule has 0 unspecified atom stereocenters. The van der Waals surface area contributed by atoms with Crippen molar-refractivity contribution in [2.75, 3.05) is 52.6 Å². The van der Waals surface area contributed by atoms with Gasteiger partial charge >= 0.3 is 12.0 Å². The molecule has 8 nitrogen and oxygen atoms in total. The average molecular weight is 373 g/mol. The summed E-state index contributed by atoms with van der Waals surface area (Å²) in [5.74, 6) is -0.813. The van der Waals surface area contributed by atoms with Gasteiger partial charge in [-0.2, -0.15) is 5.26 Å². The Morgan fingerprint density at radius 2 is 1.52 bits per heavy atom. The first-order chi connectivity index (χ1) is 12.1. The van der Waals surface area contributed by atoms with Crippen molar-refractivity contribution in [2.45, 2.75) is 0 Å². The minimum absolute atomic E-state index is 0.136. The molecule has 138 valence electrons. The number of halogens is 1. The minimum atomic E-state index is -0.813. The molecular weight excluding hydrogens is 352 g/mol. The van der Waals surface area contributed by atoms with E-state index in [0.717, 1.165) is 26.2 Å². The second-order valence-electron chi connectivity index (χ2n) is 5.37. The maximum atomic E-state index is 11.9. The molecule has 0 radical (unpaired) electrons. The molecule has 0 atom stereocenters. The number of nitrogens with zero attached hydrogens (tertiary/aromatic N) is 2. The van der Waals surface area contributed by atoms with Crippen molar-refractivity contribution in [2.24, 2.45) is 0 Å². The number of morpholine rings is 2. The van der Waals surface area contributed by atoms with Crippen LogP contribution in [0.5, 0.6) is 0 Å². The summed E-state index contributed by atoms with van der Waals surface area (Å²) in [6, 6.07) is 6.24. The molecule has 0 aromatic heterocycles. The maximum Gasteiger partial charge on any atom is 0.372 e. The maximum absolute atomic E-state index is 11.9. The van der Waals surface area contributed by atoms with Crippen molar-refractivity contribution < 1.29 is 29.2 Å². The summed E-state index contributed by atoms with van der Waals surface area (Å²) in [5.41, 5.74) is 0.222. The number of benzene rings is 1. The van der Waals surface area contributed by atoms with Gasteiger partial charge in [0.05, 0.1) is 32.0 Å². The monoisotopic (exact) mass is 372 g/mol. The highest BCUT2D eigenvalue weighted by molar-refractivity contribution is 6.30.